The fourth-order valence-electron chi connectivity index (χ4n) is 6.32. The Morgan fingerprint density at radius 2 is 1.94 bits per heavy atom. The molecule has 2 bridgehead atoms. The lowest BCUT2D eigenvalue weighted by molar-refractivity contribution is -0.144. The number of hydrogen-bond acceptors (Lipinski definition) is 4. The van der Waals surface area contributed by atoms with Gasteiger partial charge in [-0.05, 0) is 44.1 Å². The predicted molar refractivity (Wildman–Crippen MR) is 126 cm³/mol. The Balaban J connectivity index is 1.38. The molecule has 2 amide bonds. The van der Waals surface area contributed by atoms with E-state index in [2.05, 4.69) is 10.00 Å². The van der Waals surface area contributed by atoms with Crippen LogP contribution in [0.5, 0.6) is 0 Å². The first-order valence-electron chi connectivity index (χ1n) is 12.0. The van der Waals surface area contributed by atoms with Crippen LogP contribution < -0.4 is 0 Å². The molecule has 170 valence electrons. The molecule has 2 aromatic heterocycles. The number of piperidine rings is 3. The Bertz CT molecular complexity index is 1250. The fraction of sp³-hybridized carbons (Fsp3) is 0.462. The van der Waals surface area contributed by atoms with Crippen molar-refractivity contribution in [2.45, 2.75) is 38.6 Å². The molecule has 0 spiro atoms. The zero-order valence-corrected chi connectivity index (χ0v) is 19.2. The summed E-state index contributed by atoms with van der Waals surface area (Å²) in [5.41, 5.74) is 4.01. The van der Waals surface area contributed by atoms with Gasteiger partial charge in [-0.1, -0.05) is 30.3 Å². The van der Waals surface area contributed by atoms with Crippen LogP contribution in [0.2, 0.25) is 0 Å². The lowest BCUT2D eigenvalue weighted by Gasteiger charge is -2.52. The molecule has 3 aliphatic heterocycles. The molecule has 1 unspecified atom stereocenters. The molecule has 6 rings (SSSR count). The van der Waals surface area contributed by atoms with Gasteiger partial charge >= 0.3 is 0 Å². The first kappa shape index (κ1) is 20.4. The monoisotopic (exact) mass is 443 g/mol. The number of likely N-dealkylation sites (tertiary alicyclic amines) is 1. The molecule has 7 heteroatoms. The lowest BCUT2D eigenvalue weighted by atomic mass is 9.76. The van der Waals surface area contributed by atoms with Gasteiger partial charge in [-0.2, -0.15) is 5.10 Å². The van der Waals surface area contributed by atoms with Crippen molar-refractivity contribution < 1.29 is 9.59 Å². The summed E-state index contributed by atoms with van der Waals surface area (Å²) in [5.74, 6) is 1.08. The van der Waals surface area contributed by atoms with Crippen LogP contribution in [0.4, 0.5) is 0 Å². The number of rotatable bonds is 2. The Labute approximate surface area is 193 Å². The summed E-state index contributed by atoms with van der Waals surface area (Å²) < 4.78 is 1.77. The van der Waals surface area contributed by atoms with Gasteiger partial charge in [-0.15, -0.1) is 0 Å². The minimum atomic E-state index is 0.0565. The lowest BCUT2D eigenvalue weighted by Crippen LogP contribution is -2.61. The van der Waals surface area contributed by atoms with Crippen molar-refractivity contribution in [3.05, 3.63) is 47.7 Å². The summed E-state index contributed by atoms with van der Waals surface area (Å²) in [6, 6.07) is 12.2. The van der Waals surface area contributed by atoms with Gasteiger partial charge in [-0.3, -0.25) is 14.3 Å². The normalized spacial score (nSPS) is 24.8. The third-order valence-corrected chi connectivity index (χ3v) is 7.74. The van der Waals surface area contributed by atoms with Crippen LogP contribution in [-0.2, 0) is 11.8 Å². The zero-order valence-electron chi connectivity index (χ0n) is 19.2. The molecule has 3 saturated heterocycles. The predicted octanol–water partition coefficient (Wildman–Crippen LogP) is 3.42. The summed E-state index contributed by atoms with van der Waals surface area (Å²) in [4.78, 5) is 35.5. The van der Waals surface area contributed by atoms with Gasteiger partial charge < -0.3 is 9.80 Å². The Kier molecular flexibility index (Phi) is 4.75. The van der Waals surface area contributed by atoms with Crippen molar-refractivity contribution in [1.29, 1.82) is 0 Å². The number of benzene rings is 1. The largest absolute Gasteiger partial charge is 0.339 e. The molecular weight excluding hydrogens is 414 g/mol. The highest BCUT2D eigenvalue weighted by atomic mass is 16.2. The molecule has 0 N–H and O–H groups in total. The summed E-state index contributed by atoms with van der Waals surface area (Å²) in [7, 11) is 1.88. The molecule has 33 heavy (non-hydrogen) atoms. The highest BCUT2D eigenvalue weighted by molar-refractivity contribution is 6.07. The van der Waals surface area contributed by atoms with Crippen molar-refractivity contribution in [2.75, 3.05) is 19.6 Å². The number of aromatic nitrogens is 3. The molecule has 3 aliphatic rings. The van der Waals surface area contributed by atoms with E-state index in [1.807, 2.05) is 55.3 Å². The van der Waals surface area contributed by atoms with E-state index in [0.29, 0.717) is 42.8 Å². The molecule has 1 aromatic carbocycles. The number of hydrogen-bond donors (Lipinski definition) is 0. The van der Waals surface area contributed by atoms with Gasteiger partial charge in [0.15, 0.2) is 5.65 Å². The summed E-state index contributed by atoms with van der Waals surface area (Å²) >= 11 is 0. The average Bonchev–Trinajstić information content (AvgIpc) is 3.12. The van der Waals surface area contributed by atoms with Gasteiger partial charge in [-0.25, -0.2) is 4.98 Å². The van der Waals surface area contributed by atoms with Crippen molar-refractivity contribution in [1.82, 2.24) is 24.6 Å². The number of aryl methyl sites for hydroxylation is 2. The van der Waals surface area contributed by atoms with E-state index >= 15 is 0 Å². The van der Waals surface area contributed by atoms with Crippen molar-refractivity contribution in [2.24, 2.45) is 18.9 Å². The second-order valence-electron chi connectivity index (χ2n) is 9.91. The molecule has 3 aromatic rings. The summed E-state index contributed by atoms with van der Waals surface area (Å²) in [6.07, 6.45) is 3.82. The Hall–Kier alpha value is -3.22. The number of nitrogens with zero attached hydrogens (tertiary/aromatic N) is 5. The van der Waals surface area contributed by atoms with Gasteiger partial charge in [0.05, 0.1) is 22.3 Å². The Morgan fingerprint density at radius 3 is 2.76 bits per heavy atom. The molecule has 3 fully saturated rings. The molecule has 0 radical (unpaired) electrons. The maximum absolute atomic E-state index is 14.0. The van der Waals surface area contributed by atoms with Crippen LogP contribution in [0.15, 0.2) is 36.4 Å². The van der Waals surface area contributed by atoms with E-state index in [0.717, 1.165) is 53.8 Å². The van der Waals surface area contributed by atoms with Crippen LogP contribution in [0.1, 0.15) is 41.7 Å². The second kappa shape index (κ2) is 7.68. The van der Waals surface area contributed by atoms with Gasteiger partial charge in [0.25, 0.3) is 5.91 Å². The Morgan fingerprint density at radius 1 is 1.12 bits per heavy atom. The van der Waals surface area contributed by atoms with Crippen LogP contribution in [-0.4, -0.2) is 62.1 Å². The number of carbonyl (C=O) groups excluding carboxylic acids is 2. The zero-order chi connectivity index (χ0) is 22.7. The van der Waals surface area contributed by atoms with Gasteiger partial charge in [0.2, 0.25) is 5.91 Å². The standard InChI is InChI=1S/C26H29N5O2/c1-16-24-20(12-21(18-7-4-3-5-8-18)27-25(24)29(2)28-16)26(33)30-13-17-11-19(15-30)22-9-6-10-23(32)31(22)14-17/h3-5,7-8,12,17,19,22H,6,9-11,13-15H2,1-2H3/t17-,19-,22?/m0/s1. The van der Waals surface area contributed by atoms with Gasteiger partial charge in [0, 0.05) is 44.7 Å². The van der Waals surface area contributed by atoms with E-state index in [9.17, 15) is 9.59 Å². The van der Waals surface area contributed by atoms with E-state index in [4.69, 9.17) is 4.98 Å². The molecule has 0 saturated carbocycles. The second-order valence-corrected chi connectivity index (χ2v) is 9.91. The summed E-state index contributed by atoms with van der Waals surface area (Å²) in [6.45, 7) is 4.15. The maximum Gasteiger partial charge on any atom is 0.254 e. The van der Waals surface area contributed by atoms with Crippen LogP contribution in [0.3, 0.4) is 0 Å². The number of fused-ring (bicyclic) bond motifs is 5. The first-order chi connectivity index (χ1) is 16.0. The molecule has 0 aliphatic carbocycles. The quantitative estimate of drug-likeness (QED) is 0.609. The highest BCUT2D eigenvalue weighted by Crippen LogP contribution is 2.39. The minimum Gasteiger partial charge on any atom is -0.339 e. The minimum absolute atomic E-state index is 0.0565. The van der Waals surface area contributed by atoms with Crippen molar-refractivity contribution in [3.8, 4) is 11.3 Å². The summed E-state index contributed by atoms with van der Waals surface area (Å²) in [5, 5.41) is 5.41. The van der Waals surface area contributed by atoms with E-state index in [-0.39, 0.29) is 11.9 Å². The van der Waals surface area contributed by atoms with E-state index in [1.165, 1.54) is 0 Å². The molecule has 5 heterocycles. The van der Waals surface area contributed by atoms with Crippen LogP contribution in [0.25, 0.3) is 22.3 Å². The number of carbonyl (C=O) groups is 2. The smallest absolute Gasteiger partial charge is 0.254 e. The SMILES string of the molecule is Cc1nn(C)c2nc(-c3ccccc3)cc(C(=O)N3C[C@@H]4C[C@@H](C3)C3CCCC(=O)N3C4)c12. The van der Waals surface area contributed by atoms with Gasteiger partial charge in [0.1, 0.15) is 0 Å². The van der Waals surface area contributed by atoms with Crippen molar-refractivity contribution in [3.63, 3.8) is 0 Å². The third-order valence-electron chi connectivity index (χ3n) is 7.74. The fourth-order valence-corrected chi connectivity index (χ4v) is 6.32. The van der Waals surface area contributed by atoms with E-state index < -0.39 is 0 Å². The van der Waals surface area contributed by atoms with E-state index in [1.54, 1.807) is 4.68 Å². The number of amides is 2. The van der Waals surface area contributed by atoms with Crippen LogP contribution in [0, 0.1) is 18.8 Å². The third kappa shape index (κ3) is 3.33. The molecule has 7 nitrogen and oxygen atoms in total. The molecule has 3 atom stereocenters. The maximum atomic E-state index is 14.0. The molecular formula is C26H29N5O2. The van der Waals surface area contributed by atoms with Crippen LogP contribution >= 0.6 is 0 Å². The average molecular weight is 444 g/mol. The highest BCUT2D eigenvalue weighted by Gasteiger charge is 2.45. The number of pyridine rings is 1. The topological polar surface area (TPSA) is 71.3 Å². The van der Waals surface area contributed by atoms with Crippen molar-refractivity contribution >= 4 is 22.8 Å². The first-order valence-corrected chi connectivity index (χ1v) is 12.0.